The fourth-order valence-corrected chi connectivity index (χ4v) is 3.71. The molecule has 1 heterocycles. The summed E-state index contributed by atoms with van der Waals surface area (Å²) in [4.78, 5) is 2.89. The Morgan fingerprint density at radius 1 is 1.00 bits per heavy atom. The molecule has 2 unspecified atom stereocenters. The van der Waals surface area contributed by atoms with Gasteiger partial charge in [-0.15, -0.1) is 0 Å². The molecule has 2 nitrogen and oxygen atoms in total. The summed E-state index contributed by atoms with van der Waals surface area (Å²) in [5, 5.41) is 3.68. The first-order chi connectivity index (χ1) is 7.84. The van der Waals surface area contributed by atoms with Crippen LogP contribution in [0.15, 0.2) is 0 Å². The molecule has 0 amide bonds. The Hall–Kier alpha value is -0.0800. The minimum Gasteiger partial charge on any atom is -0.311 e. The number of hydrogen-bond donors (Lipinski definition) is 1. The van der Waals surface area contributed by atoms with E-state index in [-0.39, 0.29) is 0 Å². The average molecular weight is 222 g/mol. The van der Waals surface area contributed by atoms with E-state index in [4.69, 9.17) is 0 Å². The highest BCUT2D eigenvalue weighted by Crippen LogP contribution is 2.38. The lowest BCUT2D eigenvalue weighted by Gasteiger charge is -2.45. The van der Waals surface area contributed by atoms with Crippen LogP contribution in [0.5, 0.6) is 0 Å². The van der Waals surface area contributed by atoms with Crippen molar-refractivity contribution < 1.29 is 0 Å². The van der Waals surface area contributed by atoms with Crippen LogP contribution in [0.25, 0.3) is 0 Å². The summed E-state index contributed by atoms with van der Waals surface area (Å²) in [6, 6.07) is 2.50. The highest BCUT2D eigenvalue weighted by atomic mass is 15.3. The van der Waals surface area contributed by atoms with Gasteiger partial charge in [0.2, 0.25) is 0 Å². The molecule has 0 aromatic heterocycles. The molecule has 0 aromatic carbocycles. The van der Waals surface area contributed by atoms with Crippen molar-refractivity contribution in [1.82, 2.24) is 10.2 Å². The smallest absolute Gasteiger partial charge is 0.0252 e. The molecular weight excluding hydrogens is 196 g/mol. The van der Waals surface area contributed by atoms with Crippen LogP contribution in [0.3, 0.4) is 0 Å². The summed E-state index contributed by atoms with van der Waals surface area (Å²) in [7, 11) is 0. The second-order valence-electron chi connectivity index (χ2n) is 6.20. The first-order valence-electron chi connectivity index (χ1n) is 7.34. The predicted molar refractivity (Wildman–Crippen MR) is 67.6 cm³/mol. The van der Waals surface area contributed by atoms with E-state index in [2.05, 4.69) is 17.1 Å². The fourth-order valence-electron chi connectivity index (χ4n) is 3.71. The normalized spacial score (nSPS) is 38.8. The van der Waals surface area contributed by atoms with E-state index in [9.17, 15) is 0 Å². The molecule has 1 aliphatic heterocycles. The first-order valence-corrected chi connectivity index (χ1v) is 7.34. The number of nitrogens with one attached hydrogen (secondary N) is 1. The van der Waals surface area contributed by atoms with E-state index in [1.54, 1.807) is 0 Å². The van der Waals surface area contributed by atoms with Crippen molar-refractivity contribution in [1.29, 1.82) is 0 Å². The van der Waals surface area contributed by atoms with Gasteiger partial charge in [0.15, 0.2) is 0 Å². The Kier molecular flexibility index (Phi) is 3.21. The SMILES string of the molecule is CC1CN(C2CCCCC2)C(C2CC2)CN1. The van der Waals surface area contributed by atoms with Crippen LogP contribution in [0, 0.1) is 5.92 Å². The number of nitrogens with zero attached hydrogens (tertiary/aromatic N) is 1. The molecule has 92 valence electrons. The van der Waals surface area contributed by atoms with Crippen molar-refractivity contribution in [3.63, 3.8) is 0 Å². The van der Waals surface area contributed by atoms with Crippen molar-refractivity contribution in [2.24, 2.45) is 5.92 Å². The average Bonchev–Trinajstić information content (AvgIpc) is 3.14. The van der Waals surface area contributed by atoms with Crippen molar-refractivity contribution in [2.45, 2.75) is 70.0 Å². The standard InChI is InChI=1S/C14H26N2/c1-11-10-16(13-5-3-2-4-6-13)14(9-15-11)12-7-8-12/h11-15H,2-10H2,1H3. The minimum atomic E-state index is 0.705. The minimum absolute atomic E-state index is 0.705. The van der Waals surface area contributed by atoms with Crippen LogP contribution in [0.2, 0.25) is 0 Å². The summed E-state index contributed by atoms with van der Waals surface area (Å²) in [6.45, 7) is 4.90. The molecule has 3 rings (SSSR count). The lowest BCUT2D eigenvalue weighted by molar-refractivity contribution is 0.0541. The molecule has 2 heteroatoms. The van der Waals surface area contributed by atoms with Gasteiger partial charge >= 0.3 is 0 Å². The Balaban J connectivity index is 1.67. The van der Waals surface area contributed by atoms with Crippen LogP contribution in [0.4, 0.5) is 0 Å². The molecule has 0 radical (unpaired) electrons. The first kappa shape index (κ1) is 11.0. The lowest BCUT2D eigenvalue weighted by atomic mass is 9.91. The van der Waals surface area contributed by atoms with Gasteiger partial charge in [0, 0.05) is 31.2 Å². The van der Waals surface area contributed by atoms with Crippen LogP contribution in [-0.2, 0) is 0 Å². The highest BCUT2D eigenvalue weighted by molar-refractivity contribution is 4.96. The molecule has 3 aliphatic rings. The zero-order chi connectivity index (χ0) is 11.0. The highest BCUT2D eigenvalue weighted by Gasteiger charge is 2.40. The van der Waals surface area contributed by atoms with E-state index in [1.165, 1.54) is 58.0 Å². The molecule has 3 fully saturated rings. The second-order valence-corrected chi connectivity index (χ2v) is 6.20. The van der Waals surface area contributed by atoms with Crippen LogP contribution in [-0.4, -0.2) is 36.1 Å². The maximum atomic E-state index is 3.68. The summed E-state index contributed by atoms with van der Waals surface area (Å²) < 4.78 is 0. The zero-order valence-electron chi connectivity index (χ0n) is 10.6. The van der Waals surface area contributed by atoms with E-state index in [0.717, 1.165) is 18.0 Å². The van der Waals surface area contributed by atoms with E-state index < -0.39 is 0 Å². The third-order valence-corrected chi connectivity index (χ3v) is 4.80. The van der Waals surface area contributed by atoms with E-state index in [0.29, 0.717) is 6.04 Å². The summed E-state index contributed by atoms with van der Waals surface area (Å²) >= 11 is 0. The molecule has 1 N–H and O–H groups in total. The van der Waals surface area contributed by atoms with Crippen LogP contribution in [0.1, 0.15) is 51.9 Å². The summed E-state index contributed by atoms with van der Waals surface area (Å²) in [5.41, 5.74) is 0. The van der Waals surface area contributed by atoms with Crippen molar-refractivity contribution in [2.75, 3.05) is 13.1 Å². The van der Waals surface area contributed by atoms with Gasteiger partial charge in [-0.25, -0.2) is 0 Å². The second kappa shape index (κ2) is 4.66. The van der Waals surface area contributed by atoms with Crippen molar-refractivity contribution in [3.8, 4) is 0 Å². The summed E-state index contributed by atoms with van der Waals surface area (Å²) in [6.07, 6.45) is 10.3. The maximum absolute atomic E-state index is 3.68. The molecule has 1 saturated heterocycles. The van der Waals surface area contributed by atoms with Crippen molar-refractivity contribution >= 4 is 0 Å². The largest absolute Gasteiger partial charge is 0.311 e. The van der Waals surface area contributed by atoms with Gasteiger partial charge < -0.3 is 5.32 Å². The predicted octanol–water partition coefficient (Wildman–Crippen LogP) is 2.39. The quantitative estimate of drug-likeness (QED) is 0.772. The van der Waals surface area contributed by atoms with Gasteiger partial charge in [-0.1, -0.05) is 19.3 Å². The fraction of sp³-hybridized carbons (Fsp3) is 1.00. The molecular formula is C14H26N2. The molecule has 2 atom stereocenters. The Morgan fingerprint density at radius 2 is 1.75 bits per heavy atom. The molecule has 16 heavy (non-hydrogen) atoms. The topological polar surface area (TPSA) is 15.3 Å². The summed E-state index contributed by atoms with van der Waals surface area (Å²) in [5.74, 6) is 1.03. The Labute approximate surface area is 99.8 Å². The maximum Gasteiger partial charge on any atom is 0.0252 e. The van der Waals surface area contributed by atoms with Gasteiger partial charge in [-0.2, -0.15) is 0 Å². The van der Waals surface area contributed by atoms with Gasteiger partial charge in [-0.3, -0.25) is 4.90 Å². The van der Waals surface area contributed by atoms with Gasteiger partial charge in [-0.05, 0) is 38.5 Å². The lowest BCUT2D eigenvalue weighted by Crippen LogP contribution is -2.59. The molecule has 0 aromatic rings. The van der Waals surface area contributed by atoms with E-state index >= 15 is 0 Å². The van der Waals surface area contributed by atoms with E-state index in [1.807, 2.05) is 0 Å². The molecule has 2 aliphatic carbocycles. The Morgan fingerprint density at radius 3 is 2.44 bits per heavy atom. The monoisotopic (exact) mass is 222 g/mol. The third kappa shape index (κ3) is 2.28. The molecule has 0 spiro atoms. The molecule has 2 saturated carbocycles. The number of hydrogen-bond acceptors (Lipinski definition) is 2. The number of rotatable bonds is 2. The third-order valence-electron chi connectivity index (χ3n) is 4.80. The van der Waals surface area contributed by atoms with Crippen LogP contribution < -0.4 is 5.32 Å². The number of piperazine rings is 1. The molecule has 0 bridgehead atoms. The van der Waals surface area contributed by atoms with Gasteiger partial charge in [0.25, 0.3) is 0 Å². The Bertz CT molecular complexity index is 231. The van der Waals surface area contributed by atoms with Gasteiger partial charge in [0.05, 0.1) is 0 Å². The van der Waals surface area contributed by atoms with Crippen LogP contribution >= 0.6 is 0 Å². The zero-order valence-corrected chi connectivity index (χ0v) is 10.6. The van der Waals surface area contributed by atoms with Gasteiger partial charge in [0.1, 0.15) is 0 Å². The van der Waals surface area contributed by atoms with Crippen molar-refractivity contribution in [3.05, 3.63) is 0 Å².